The molecule has 0 aromatic rings. The topological polar surface area (TPSA) is 21.6 Å². The summed E-state index contributed by atoms with van der Waals surface area (Å²) in [4.78, 5) is 4.77. The van der Waals surface area contributed by atoms with Gasteiger partial charge in [0.05, 0.1) is 5.71 Å². The summed E-state index contributed by atoms with van der Waals surface area (Å²) in [6, 6.07) is 0. The van der Waals surface area contributed by atoms with Gasteiger partial charge in [-0.3, -0.25) is 0 Å². The van der Waals surface area contributed by atoms with E-state index < -0.39 is 0 Å². The highest BCUT2D eigenvalue weighted by Gasteiger charge is 2.36. The zero-order valence-electron chi connectivity index (χ0n) is 6.34. The van der Waals surface area contributed by atoms with E-state index in [-0.39, 0.29) is 0 Å². The molecule has 2 fully saturated rings. The highest BCUT2D eigenvalue weighted by Crippen LogP contribution is 2.42. The standard InChI is InChI=1S/C8H13NO/c1-10-9-8-5-6-2-3-7(8)4-6/h6-7H,2-5H2,1H3/b9-8+. The quantitative estimate of drug-likeness (QED) is 0.508. The van der Waals surface area contributed by atoms with Gasteiger partial charge >= 0.3 is 0 Å². The molecular formula is C8H13NO. The summed E-state index contributed by atoms with van der Waals surface area (Å²) in [5.74, 6) is 1.73. The molecule has 0 aliphatic heterocycles. The fraction of sp³-hybridized carbons (Fsp3) is 0.875. The zero-order valence-corrected chi connectivity index (χ0v) is 6.34. The summed E-state index contributed by atoms with van der Waals surface area (Å²) in [5.41, 5.74) is 1.32. The molecule has 0 amide bonds. The van der Waals surface area contributed by atoms with Gasteiger partial charge in [0, 0.05) is 5.92 Å². The summed E-state index contributed by atoms with van der Waals surface area (Å²) < 4.78 is 0. The van der Waals surface area contributed by atoms with E-state index in [9.17, 15) is 0 Å². The first kappa shape index (κ1) is 6.20. The number of rotatable bonds is 1. The first-order chi connectivity index (χ1) is 4.90. The van der Waals surface area contributed by atoms with E-state index in [1.54, 1.807) is 7.11 Å². The third-order valence-corrected chi connectivity index (χ3v) is 2.72. The van der Waals surface area contributed by atoms with Crippen molar-refractivity contribution in [1.29, 1.82) is 0 Å². The molecule has 2 atom stereocenters. The lowest BCUT2D eigenvalue weighted by Gasteiger charge is -2.09. The maximum atomic E-state index is 4.77. The minimum absolute atomic E-state index is 0.782. The summed E-state index contributed by atoms with van der Waals surface area (Å²) in [7, 11) is 1.64. The van der Waals surface area contributed by atoms with Crippen molar-refractivity contribution in [3.8, 4) is 0 Å². The van der Waals surface area contributed by atoms with Gasteiger partial charge in [0.25, 0.3) is 0 Å². The molecule has 2 aliphatic carbocycles. The SMILES string of the molecule is CO/N=C1\CC2CCC1C2. The molecule has 2 rings (SSSR count). The number of oxime groups is 1. The number of hydrogen-bond acceptors (Lipinski definition) is 2. The third kappa shape index (κ3) is 0.825. The van der Waals surface area contributed by atoms with Crippen LogP contribution < -0.4 is 0 Å². The molecule has 0 radical (unpaired) electrons. The van der Waals surface area contributed by atoms with Crippen LogP contribution >= 0.6 is 0 Å². The predicted octanol–water partition coefficient (Wildman–Crippen LogP) is 1.81. The van der Waals surface area contributed by atoms with E-state index in [1.807, 2.05) is 0 Å². The molecule has 10 heavy (non-hydrogen) atoms. The molecule has 2 bridgehead atoms. The minimum Gasteiger partial charge on any atom is -0.399 e. The average molecular weight is 139 g/mol. The summed E-state index contributed by atoms with van der Waals surface area (Å²) in [6.07, 6.45) is 5.36. The Bertz CT molecular complexity index is 165. The Morgan fingerprint density at radius 2 is 2.40 bits per heavy atom. The Hall–Kier alpha value is -0.530. The second-order valence-electron chi connectivity index (χ2n) is 3.35. The van der Waals surface area contributed by atoms with Gasteiger partial charge in [0.15, 0.2) is 0 Å². The van der Waals surface area contributed by atoms with Crippen molar-refractivity contribution >= 4 is 5.71 Å². The molecule has 2 aliphatic rings. The van der Waals surface area contributed by atoms with E-state index >= 15 is 0 Å². The third-order valence-electron chi connectivity index (χ3n) is 2.72. The second kappa shape index (κ2) is 2.26. The monoisotopic (exact) mass is 139 g/mol. The van der Waals surface area contributed by atoms with Crippen LogP contribution in [0.4, 0.5) is 0 Å². The molecule has 0 heterocycles. The maximum absolute atomic E-state index is 4.77. The van der Waals surface area contributed by atoms with Crippen molar-refractivity contribution in [1.82, 2.24) is 0 Å². The maximum Gasteiger partial charge on any atom is 0.106 e. The molecule has 56 valence electrons. The van der Waals surface area contributed by atoms with E-state index in [2.05, 4.69) is 5.16 Å². The molecule has 2 saturated carbocycles. The van der Waals surface area contributed by atoms with Gasteiger partial charge in [0.2, 0.25) is 0 Å². The van der Waals surface area contributed by atoms with Gasteiger partial charge in [-0.1, -0.05) is 5.16 Å². The van der Waals surface area contributed by atoms with Crippen LogP contribution in [0.3, 0.4) is 0 Å². The number of hydrogen-bond donors (Lipinski definition) is 0. The number of fused-ring (bicyclic) bond motifs is 2. The first-order valence-corrected chi connectivity index (χ1v) is 4.00. The van der Waals surface area contributed by atoms with E-state index in [1.165, 1.54) is 31.4 Å². The van der Waals surface area contributed by atoms with Crippen molar-refractivity contribution in [2.75, 3.05) is 7.11 Å². The Labute approximate surface area is 61.2 Å². The van der Waals surface area contributed by atoms with E-state index in [0.717, 1.165) is 11.8 Å². The fourth-order valence-corrected chi connectivity index (χ4v) is 2.25. The van der Waals surface area contributed by atoms with Crippen LogP contribution in [0.2, 0.25) is 0 Å². The van der Waals surface area contributed by atoms with Crippen LogP contribution in [-0.2, 0) is 4.84 Å². The summed E-state index contributed by atoms with van der Waals surface area (Å²) >= 11 is 0. The largest absolute Gasteiger partial charge is 0.399 e. The molecule has 2 nitrogen and oxygen atoms in total. The van der Waals surface area contributed by atoms with E-state index in [0.29, 0.717) is 0 Å². The smallest absolute Gasteiger partial charge is 0.106 e. The Morgan fingerprint density at radius 1 is 1.50 bits per heavy atom. The molecule has 0 N–H and O–H groups in total. The number of nitrogens with zero attached hydrogens (tertiary/aromatic N) is 1. The van der Waals surface area contributed by atoms with Crippen molar-refractivity contribution in [3.05, 3.63) is 0 Å². The minimum atomic E-state index is 0.782. The molecule has 0 aromatic heterocycles. The van der Waals surface area contributed by atoms with Crippen LogP contribution in [0.1, 0.15) is 25.7 Å². The molecule has 0 saturated heterocycles. The van der Waals surface area contributed by atoms with Gasteiger partial charge in [-0.15, -0.1) is 0 Å². The zero-order chi connectivity index (χ0) is 6.97. The van der Waals surface area contributed by atoms with Gasteiger partial charge in [-0.2, -0.15) is 0 Å². The Morgan fingerprint density at radius 3 is 2.90 bits per heavy atom. The lowest BCUT2D eigenvalue weighted by molar-refractivity contribution is 0.210. The highest BCUT2D eigenvalue weighted by molar-refractivity contribution is 5.89. The van der Waals surface area contributed by atoms with Gasteiger partial charge < -0.3 is 4.84 Å². The lowest BCUT2D eigenvalue weighted by Crippen LogP contribution is -2.09. The van der Waals surface area contributed by atoms with E-state index in [4.69, 9.17) is 4.84 Å². The normalized spacial score (nSPS) is 41.1. The first-order valence-electron chi connectivity index (χ1n) is 4.00. The van der Waals surface area contributed by atoms with Crippen LogP contribution in [0.25, 0.3) is 0 Å². The Balaban J connectivity index is 2.08. The molecule has 2 heteroatoms. The van der Waals surface area contributed by atoms with Crippen LogP contribution in [-0.4, -0.2) is 12.8 Å². The highest BCUT2D eigenvalue weighted by atomic mass is 16.6. The van der Waals surface area contributed by atoms with Gasteiger partial charge in [0.1, 0.15) is 7.11 Å². The predicted molar refractivity (Wildman–Crippen MR) is 39.9 cm³/mol. The summed E-state index contributed by atoms with van der Waals surface area (Å²) in [6.45, 7) is 0. The van der Waals surface area contributed by atoms with Crippen molar-refractivity contribution in [3.63, 3.8) is 0 Å². The molecule has 2 unspecified atom stereocenters. The average Bonchev–Trinajstić information content (AvgIpc) is 2.48. The van der Waals surface area contributed by atoms with Crippen molar-refractivity contribution in [2.45, 2.75) is 25.7 Å². The lowest BCUT2D eigenvalue weighted by atomic mass is 9.99. The van der Waals surface area contributed by atoms with Crippen molar-refractivity contribution in [2.24, 2.45) is 17.0 Å². The van der Waals surface area contributed by atoms with Gasteiger partial charge in [-0.05, 0) is 31.6 Å². The molecule has 0 spiro atoms. The fourth-order valence-electron chi connectivity index (χ4n) is 2.25. The van der Waals surface area contributed by atoms with Crippen LogP contribution in [0, 0.1) is 11.8 Å². The van der Waals surface area contributed by atoms with Crippen LogP contribution in [0.15, 0.2) is 5.16 Å². The molecule has 0 aromatic carbocycles. The summed E-state index contributed by atoms with van der Waals surface area (Å²) in [5, 5.41) is 4.02. The molecular weight excluding hydrogens is 126 g/mol. The second-order valence-corrected chi connectivity index (χ2v) is 3.35. The van der Waals surface area contributed by atoms with Gasteiger partial charge in [-0.25, -0.2) is 0 Å². The van der Waals surface area contributed by atoms with Crippen LogP contribution in [0.5, 0.6) is 0 Å². The Kier molecular flexibility index (Phi) is 1.40. The van der Waals surface area contributed by atoms with Crippen molar-refractivity contribution < 1.29 is 4.84 Å².